The van der Waals surface area contributed by atoms with E-state index in [0.29, 0.717) is 30.8 Å². The fraction of sp³-hybridized carbons (Fsp3) is 0.346. The Kier molecular flexibility index (Phi) is 6.63. The molecule has 4 rings (SSSR count). The second-order valence-electron chi connectivity index (χ2n) is 8.51. The normalized spacial score (nSPS) is 16.7. The predicted octanol–water partition coefficient (Wildman–Crippen LogP) is 4.68. The molecule has 1 heterocycles. The molecule has 1 aliphatic rings. The molecule has 1 fully saturated rings. The summed E-state index contributed by atoms with van der Waals surface area (Å²) in [6, 6.07) is 21.2. The quantitative estimate of drug-likeness (QED) is 0.593. The fourth-order valence-corrected chi connectivity index (χ4v) is 5.80. The van der Waals surface area contributed by atoms with Gasteiger partial charge < -0.3 is 5.32 Å². The van der Waals surface area contributed by atoms with E-state index in [4.69, 9.17) is 0 Å². The molecule has 3 aromatic carbocycles. The molecule has 1 aliphatic heterocycles. The van der Waals surface area contributed by atoms with Crippen molar-refractivity contribution in [2.45, 2.75) is 44.0 Å². The lowest BCUT2D eigenvalue weighted by molar-refractivity contribution is -0.126. The van der Waals surface area contributed by atoms with Gasteiger partial charge in [-0.3, -0.25) is 4.79 Å². The Bertz CT molecular complexity index is 1200. The number of hydrogen-bond acceptors (Lipinski definition) is 3. The molecule has 0 spiro atoms. The van der Waals surface area contributed by atoms with E-state index in [1.807, 2.05) is 37.3 Å². The van der Waals surface area contributed by atoms with Crippen LogP contribution in [0.5, 0.6) is 0 Å². The monoisotopic (exact) mass is 450 g/mol. The van der Waals surface area contributed by atoms with Crippen molar-refractivity contribution in [3.8, 4) is 0 Å². The summed E-state index contributed by atoms with van der Waals surface area (Å²) in [5.41, 5.74) is 2.35. The lowest BCUT2D eigenvalue weighted by Gasteiger charge is -2.31. The molecule has 1 saturated heterocycles. The van der Waals surface area contributed by atoms with Crippen LogP contribution in [0, 0.1) is 5.92 Å². The van der Waals surface area contributed by atoms with E-state index in [9.17, 15) is 13.2 Å². The Morgan fingerprint density at radius 3 is 2.31 bits per heavy atom. The number of nitrogens with one attached hydrogen (secondary N) is 1. The number of piperidine rings is 1. The minimum Gasteiger partial charge on any atom is -0.349 e. The fourth-order valence-electron chi connectivity index (χ4n) is 4.29. The number of fused-ring (bicyclic) bond motifs is 1. The van der Waals surface area contributed by atoms with Crippen molar-refractivity contribution in [1.29, 1.82) is 0 Å². The molecule has 0 aromatic heterocycles. The number of benzene rings is 3. The van der Waals surface area contributed by atoms with Gasteiger partial charge in [-0.1, -0.05) is 61.5 Å². The maximum Gasteiger partial charge on any atom is 0.243 e. The first-order valence-corrected chi connectivity index (χ1v) is 12.7. The first-order valence-electron chi connectivity index (χ1n) is 11.3. The van der Waals surface area contributed by atoms with Crippen LogP contribution in [-0.4, -0.2) is 31.7 Å². The third-order valence-corrected chi connectivity index (χ3v) is 8.32. The molecular formula is C26H30N2O3S. The highest BCUT2D eigenvalue weighted by atomic mass is 32.2. The van der Waals surface area contributed by atoms with Crippen molar-refractivity contribution in [1.82, 2.24) is 9.62 Å². The smallest absolute Gasteiger partial charge is 0.243 e. The Hall–Kier alpha value is -2.70. The highest BCUT2D eigenvalue weighted by Crippen LogP contribution is 2.27. The van der Waals surface area contributed by atoms with Gasteiger partial charge in [-0.2, -0.15) is 4.31 Å². The molecule has 1 atom stereocenters. The number of hydrogen-bond donors (Lipinski definition) is 1. The maximum absolute atomic E-state index is 13.1. The van der Waals surface area contributed by atoms with Crippen LogP contribution in [0.1, 0.15) is 43.9 Å². The molecule has 6 heteroatoms. The van der Waals surface area contributed by atoms with E-state index >= 15 is 0 Å². The molecule has 1 N–H and O–H groups in total. The van der Waals surface area contributed by atoms with Crippen LogP contribution in [0.25, 0.3) is 10.8 Å². The van der Waals surface area contributed by atoms with Crippen LogP contribution in [0.15, 0.2) is 71.6 Å². The summed E-state index contributed by atoms with van der Waals surface area (Å²) < 4.78 is 27.8. The maximum atomic E-state index is 13.1. The SMILES string of the molecule is CCc1ccc(C(C)NC(=O)C2CCN(S(=O)(=O)c3ccc4ccccc4c3)CC2)cc1. The van der Waals surface area contributed by atoms with Gasteiger partial charge in [0, 0.05) is 19.0 Å². The predicted molar refractivity (Wildman–Crippen MR) is 128 cm³/mol. The van der Waals surface area contributed by atoms with Crippen LogP contribution in [0.2, 0.25) is 0 Å². The first kappa shape index (κ1) is 22.5. The van der Waals surface area contributed by atoms with Gasteiger partial charge in [0.05, 0.1) is 10.9 Å². The summed E-state index contributed by atoms with van der Waals surface area (Å²) in [5, 5.41) is 5.02. The molecule has 0 saturated carbocycles. The average molecular weight is 451 g/mol. The van der Waals surface area contributed by atoms with Gasteiger partial charge in [-0.25, -0.2) is 8.42 Å². The van der Waals surface area contributed by atoms with Crippen LogP contribution < -0.4 is 5.32 Å². The van der Waals surface area contributed by atoms with Crippen molar-refractivity contribution in [3.05, 3.63) is 77.9 Å². The second kappa shape index (κ2) is 9.43. The molecule has 1 amide bonds. The zero-order valence-electron chi connectivity index (χ0n) is 18.6. The van der Waals surface area contributed by atoms with E-state index in [1.165, 1.54) is 9.87 Å². The number of carbonyl (C=O) groups excluding carboxylic acids is 1. The summed E-state index contributed by atoms with van der Waals surface area (Å²) in [4.78, 5) is 13.1. The summed E-state index contributed by atoms with van der Waals surface area (Å²) in [7, 11) is -3.57. The summed E-state index contributed by atoms with van der Waals surface area (Å²) in [6.07, 6.45) is 2.04. The number of rotatable bonds is 6. The highest BCUT2D eigenvalue weighted by Gasteiger charge is 2.32. The number of carbonyl (C=O) groups is 1. The molecule has 1 unspecified atom stereocenters. The van der Waals surface area contributed by atoms with Crippen molar-refractivity contribution in [2.75, 3.05) is 13.1 Å². The van der Waals surface area contributed by atoms with Gasteiger partial charge in [0.2, 0.25) is 15.9 Å². The van der Waals surface area contributed by atoms with E-state index in [-0.39, 0.29) is 17.9 Å². The van der Waals surface area contributed by atoms with Crippen molar-refractivity contribution in [2.24, 2.45) is 5.92 Å². The summed E-state index contributed by atoms with van der Waals surface area (Å²) in [6.45, 7) is 4.81. The first-order chi connectivity index (χ1) is 15.4. The standard InChI is InChI=1S/C26H30N2O3S/c1-3-20-8-10-21(11-9-20)19(2)27-26(29)23-14-16-28(17-15-23)32(30,31)25-13-12-22-6-4-5-7-24(22)18-25/h4-13,18-19,23H,3,14-17H2,1-2H3,(H,27,29). The zero-order chi connectivity index (χ0) is 22.7. The molecule has 168 valence electrons. The topological polar surface area (TPSA) is 66.5 Å². The van der Waals surface area contributed by atoms with Gasteiger partial charge in [0.25, 0.3) is 0 Å². The Morgan fingerprint density at radius 1 is 1.00 bits per heavy atom. The zero-order valence-corrected chi connectivity index (χ0v) is 19.4. The highest BCUT2D eigenvalue weighted by molar-refractivity contribution is 7.89. The minimum atomic E-state index is -3.57. The molecule has 32 heavy (non-hydrogen) atoms. The van der Waals surface area contributed by atoms with Crippen molar-refractivity contribution >= 4 is 26.7 Å². The van der Waals surface area contributed by atoms with Gasteiger partial charge in [0.15, 0.2) is 0 Å². The number of aryl methyl sites for hydroxylation is 1. The molecule has 5 nitrogen and oxygen atoms in total. The molecular weight excluding hydrogens is 420 g/mol. The van der Waals surface area contributed by atoms with E-state index in [1.54, 1.807) is 12.1 Å². The molecule has 0 bridgehead atoms. The van der Waals surface area contributed by atoms with Crippen LogP contribution in [0.3, 0.4) is 0 Å². The van der Waals surface area contributed by atoms with Crippen LogP contribution in [0.4, 0.5) is 0 Å². The minimum absolute atomic E-state index is 0.000166. The second-order valence-corrected chi connectivity index (χ2v) is 10.5. The molecule has 0 radical (unpaired) electrons. The average Bonchev–Trinajstić information content (AvgIpc) is 2.83. The van der Waals surface area contributed by atoms with Crippen molar-refractivity contribution < 1.29 is 13.2 Å². The number of amides is 1. The lowest BCUT2D eigenvalue weighted by atomic mass is 9.96. The van der Waals surface area contributed by atoms with Gasteiger partial charge in [-0.15, -0.1) is 0 Å². The Morgan fingerprint density at radius 2 is 1.66 bits per heavy atom. The molecule has 3 aromatic rings. The molecule has 0 aliphatic carbocycles. The van der Waals surface area contributed by atoms with Gasteiger partial charge in [-0.05, 0) is 60.2 Å². The van der Waals surface area contributed by atoms with Gasteiger partial charge >= 0.3 is 0 Å². The number of nitrogens with zero attached hydrogens (tertiary/aromatic N) is 1. The third kappa shape index (κ3) is 4.71. The van der Waals surface area contributed by atoms with E-state index < -0.39 is 10.0 Å². The number of sulfonamides is 1. The van der Waals surface area contributed by atoms with Crippen LogP contribution in [-0.2, 0) is 21.2 Å². The Balaban J connectivity index is 1.37. The largest absolute Gasteiger partial charge is 0.349 e. The van der Waals surface area contributed by atoms with E-state index in [0.717, 1.165) is 22.8 Å². The van der Waals surface area contributed by atoms with Crippen LogP contribution >= 0.6 is 0 Å². The Labute approximate surface area is 190 Å². The summed E-state index contributed by atoms with van der Waals surface area (Å²) >= 11 is 0. The third-order valence-electron chi connectivity index (χ3n) is 6.43. The lowest BCUT2D eigenvalue weighted by Crippen LogP contribution is -2.43. The van der Waals surface area contributed by atoms with E-state index in [2.05, 4.69) is 36.5 Å². The van der Waals surface area contributed by atoms with Crippen molar-refractivity contribution in [3.63, 3.8) is 0 Å². The summed E-state index contributed by atoms with van der Waals surface area (Å²) in [5.74, 6) is -0.171. The van der Waals surface area contributed by atoms with Gasteiger partial charge in [0.1, 0.15) is 0 Å².